The Bertz CT molecular complexity index is 915. The van der Waals surface area contributed by atoms with E-state index in [1.165, 1.54) is 0 Å². The maximum absolute atomic E-state index is 13.2. The van der Waals surface area contributed by atoms with Gasteiger partial charge in [-0.15, -0.1) is 11.6 Å². The molecule has 134 valence electrons. The maximum Gasteiger partial charge on any atom is 0.258 e. The Balaban J connectivity index is 2.08. The molecule has 1 aromatic heterocycles. The van der Waals surface area contributed by atoms with E-state index in [4.69, 9.17) is 16.3 Å². The Morgan fingerprint density at radius 2 is 1.96 bits per heavy atom. The van der Waals surface area contributed by atoms with Crippen LogP contribution in [0.15, 0.2) is 29.1 Å². The standard InChI is InChI=1S/C20H24ClNO3/c1-19(2)12-9-10-20(3,24)17(21)14(12)15-16(25-19)11-7-5-6-8-13(11)22(4)18(15)23/h5-8,12,14,17,24H,9-10H2,1-4H3/t12-,14+,17+,20+/m1/s1. The number of aliphatic hydroxyl groups is 1. The summed E-state index contributed by atoms with van der Waals surface area (Å²) in [6.07, 6.45) is 1.39. The van der Waals surface area contributed by atoms with Crippen LogP contribution in [0.3, 0.4) is 0 Å². The highest BCUT2D eigenvalue weighted by Gasteiger charge is 2.55. The van der Waals surface area contributed by atoms with Gasteiger partial charge in [-0.25, -0.2) is 0 Å². The van der Waals surface area contributed by atoms with Crippen molar-refractivity contribution in [2.24, 2.45) is 13.0 Å². The Morgan fingerprint density at radius 1 is 1.28 bits per heavy atom. The van der Waals surface area contributed by atoms with Crippen LogP contribution >= 0.6 is 11.6 Å². The van der Waals surface area contributed by atoms with Crippen LogP contribution in [-0.4, -0.2) is 26.3 Å². The highest BCUT2D eigenvalue weighted by molar-refractivity contribution is 6.22. The van der Waals surface area contributed by atoms with Gasteiger partial charge in [0.2, 0.25) is 0 Å². The molecule has 5 heteroatoms. The predicted molar refractivity (Wildman–Crippen MR) is 99.6 cm³/mol. The number of hydrogen-bond donors (Lipinski definition) is 1. The molecule has 0 radical (unpaired) electrons. The predicted octanol–water partition coefficient (Wildman–Crippen LogP) is 3.56. The molecule has 0 unspecified atom stereocenters. The van der Waals surface area contributed by atoms with Crippen LogP contribution in [0.5, 0.6) is 5.75 Å². The summed E-state index contributed by atoms with van der Waals surface area (Å²) in [6, 6.07) is 7.77. The molecule has 2 aliphatic rings. The number of halogens is 1. The van der Waals surface area contributed by atoms with Crippen LogP contribution < -0.4 is 10.3 Å². The summed E-state index contributed by atoms with van der Waals surface area (Å²) in [6.45, 7) is 5.89. The second kappa shape index (κ2) is 5.24. The number of ether oxygens (including phenoxy) is 1. The molecule has 1 aliphatic carbocycles. The van der Waals surface area contributed by atoms with E-state index in [9.17, 15) is 9.90 Å². The van der Waals surface area contributed by atoms with Gasteiger partial charge in [0.25, 0.3) is 5.56 Å². The third-order valence-corrected chi connectivity index (χ3v) is 6.93. The van der Waals surface area contributed by atoms with Crippen molar-refractivity contribution >= 4 is 22.5 Å². The molecule has 4 rings (SSSR count). The van der Waals surface area contributed by atoms with E-state index in [0.717, 1.165) is 17.3 Å². The number of alkyl halides is 1. The number of pyridine rings is 1. The quantitative estimate of drug-likeness (QED) is 0.730. The fraction of sp³-hybridized carbons (Fsp3) is 0.550. The van der Waals surface area contributed by atoms with Crippen LogP contribution in [0.1, 0.15) is 45.1 Å². The molecule has 4 atom stereocenters. The SMILES string of the molecule is Cn1c(=O)c2c(c3ccccc31)OC(C)(C)[C@@H]1CC[C@](C)(O)[C@@H](Cl)[C@H]21. The molecule has 1 N–H and O–H groups in total. The first-order valence-electron chi connectivity index (χ1n) is 8.82. The average Bonchev–Trinajstić information content (AvgIpc) is 2.55. The zero-order valence-corrected chi connectivity index (χ0v) is 15.8. The van der Waals surface area contributed by atoms with Crippen molar-refractivity contribution in [3.63, 3.8) is 0 Å². The zero-order chi connectivity index (χ0) is 18.1. The number of para-hydroxylation sites is 1. The summed E-state index contributed by atoms with van der Waals surface area (Å²) in [5, 5.41) is 11.2. The van der Waals surface area contributed by atoms with Crippen LogP contribution in [0.2, 0.25) is 0 Å². The van der Waals surface area contributed by atoms with Crippen molar-refractivity contribution in [3.8, 4) is 5.75 Å². The van der Waals surface area contributed by atoms with Crippen molar-refractivity contribution in [3.05, 3.63) is 40.2 Å². The van der Waals surface area contributed by atoms with Gasteiger partial charge < -0.3 is 14.4 Å². The highest BCUT2D eigenvalue weighted by atomic mass is 35.5. The number of rotatable bonds is 0. The van der Waals surface area contributed by atoms with Crippen LogP contribution in [0.4, 0.5) is 0 Å². The summed E-state index contributed by atoms with van der Waals surface area (Å²) in [5.74, 6) is 0.498. The van der Waals surface area contributed by atoms with Gasteiger partial charge in [0.05, 0.1) is 22.1 Å². The van der Waals surface area contributed by atoms with Crippen molar-refractivity contribution in [1.82, 2.24) is 4.57 Å². The molecule has 0 amide bonds. The minimum atomic E-state index is -0.996. The molecule has 1 aliphatic heterocycles. The molecule has 0 spiro atoms. The lowest BCUT2D eigenvalue weighted by Crippen LogP contribution is -2.57. The van der Waals surface area contributed by atoms with Gasteiger partial charge in [-0.3, -0.25) is 4.79 Å². The largest absolute Gasteiger partial charge is 0.486 e. The molecule has 1 fully saturated rings. The van der Waals surface area contributed by atoms with E-state index in [2.05, 4.69) is 13.8 Å². The van der Waals surface area contributed by atoms with E-state index in [-0.39, 0.29) is 17.4 Å². The second-order valence-corrected chi connectivity index (χ2v) is 8.73. The Labute approximate surface area is 152 Å². The lowest BCUT2D eigenvalue weighted by Gasteiger charge is -2.52. The molecule has 0 saturated heterocycles. The molecular formula is C20H24ClNO3. The van der Waals surface area contributed by atoms with Gasteiger partial charge in [-0.1, -0.05) is 12.1 Å². The normalized spacial score (nSPS) is 33.4. The summed E-state index contributed by atoms with van der Waals surface area (Å²) in [4.78, 5) is 13.2. The molecule has 25 heavy (non-hydrogen) atoms. The minimum absolute atomic E-state index is 0.0810. The lowest BCUT2D eigenvalue weighted by molar-refractivity contribution is -0.0619. The number of aryl methyl sites for hydroxylation is 1. The molecule has 2 heterocycles. The molecular weight excluding hydrogens is 338 g/mol. The highest BCUT2D eigenvalue weighted by Crippen LogP contribution is 2.55. The topological polar surface area (TPSA) is 51.5 Å². The van der Waals surface area contributed by atoms with Crippen LogP contribution in [-0.2, 0) is 7.05 Å². The maximum atomic E-state index is 13.2. The first kappa shape index (κ1) is 16.9. The average molecular weight is 362 g/mol. The van der Waals surface area contributed by atoms with Crippen molar-refractivity contribution in [2.75, 3.05) is 0 Å². The molecule has 1 saturated carbocycles. The summed E-state index contributed by atoms with van der Waals surface area (Å²) in [7, 11) is 1.78. The van der Waals surface area contributed by atoms with E-state index >= 15 is 0 Å². The van der Waals surface area contributed by atoms with Gasteiger partial charge in [-0.05, 0) is 45.7 Å². The van der Waals surface area contributed by atoms with E-state index < -0.39 is 16.6 Å². The van der Waals surface area contributed by atoms with Crippen LogP contribution in [0, 0.1) is 5.92 Å². The van der Waals surface area contributed by atoms with Gasteiger partial charge in [0, 0.05) is 24.3 Å². The third-order valence-electron chi connectivity index (χ3n) is 6.19. The van der Waals surface area contributed by atoms with Crippen LogP contribution in [0.25, 0.3) is 10.9 Å². The van der Waals surface area contributed by atoms with E-state index in [0.29, 0.717) is 17.7 Å². The van der Waals surface area contributed by atoms with E-state index in [1.807, 2.05) is 24.3 Å². The molecule has 0 bridgehead atoms. The van der Waals surface area contributed by atoms with Gasteiger partial charge in [0.1, 0.15) is 11.4 Å². The second-order valence-electron chi connectivity index (χ2n) is 8.26. The van der Waals surface area contributed by atoms with Crippen molar-refractivity contribution in [1.29, 1.82) is 0 Å². The monoisotopic (exact) mass is 361 g/mol. The van der Waals surface area contributed by atoms with Crippen molar-refractivity contribution in [2.45, 2.75) is 56.1 Å². The van der Waals surface area contributed by atoms with Gasteiger partial charge in [0.15, 0.2) is 0 Å². The lowest BCUT2D eigenvalue weighted by atomic mass is 9.62. The number of fused-ring (bicyclic) bond motifs is 5. The fourth-order valence-electron chi connectivity index (χ4n) is 4.72. The Morgan fingerprint density at radius 3 is 2.68 bits per heavy atom. The number of nitrogens with zero attached hydrogens (tertiary/aromatic N) is 1. The molecule has 4 nitrogen and oxygen atoms in total. The smallest absolute Gasteiger partial charge is 0.258 e. The zero-order valence-electron chi connectivity index (χ0n) is 15.0. The number of benzene rings is 1. The number of aromatic nitrogens is 1. The first-order valence-corrected chi connectivity index (χ1v) is 9.26. The van der Waals surface area contributed by atoms with Gasteiger partial charge >= 0.3 is 0 Å². The van der Waals surface area contributed by atoms with E-state index in [1.54, 1.807) is 18.5 Å². The minimum Gasteiger partial charge on any atom is -0.486 e. The first-order chi connectivity index (χ1) is 11.6. The van der Waals surface area contributed by atoms with Gasteiger partial charge in [-0.2, -0.15) is 0 Å². The summed E-state index contributed by atoms with van der Waals surface area (Å²) in [5.41, 5.74) is -0.0669. The summed E-state index contributed by atoms with van der Waals surface area (Å²) < 4.78 is 8.07. The summed E-state index contributed by atoms with van der Waals surface area (Å²) >= 11 is 6.76. The molecule has 2 aromatic rings. The fourth-order valence-corrected chi connectivity index (χ4v) is 5.13. The Hall–Kier alpha value is -1.52. The third kappa shape index (κ3) is 2.27. The Kier molecular flexibility index (Phi) is 3.55. The van der Waals surface area contributed by atoms with Crippen molar-refractivity contribution < 1.29 is 9.84 Å². The number of hydrogen-bond acceptors (Lipinski definition) is 3. The molecule has 1 aromatic carbocycles.